The first-order chi connectivity index (χ1) is 10.6. The number of nitrogens with zero attached hydrogens (tertiary/aromatic N) is 1. The van der Waals surface area contributed by atoms with Crippen LogP contribution in [0.3, 0.4) is 0 Å². The van der Waals surface area contributed by atoms with Crippen LogP contribution in [-0.4, -0.2) is 17.6 Å². The summed E-state index contributed by atoms with van der Waals surface area (Å²) < 4.78 is 4.97. The molecule has 0 aliphatic heterocycles. The van der Waals surface area contributed by atoms with Gasteiger partial charge in [0.15, 0.2) is 0 Å². The van der Waals surface area contributed by atoms with E-state index >= 15 is 0 Å². The summed E-state index contributed by atoms with van der Waals surface area (Å²) in [7, 11) is 0. The van der Waals surface area contributed by atoms with E-state index in [2.05, 4.69) is 25.1 Å². The van der Waals surface area contributed by atoms with Crippen LogP contribution in [0.1, 0.15) is 58.1 Å². The lowest BCUT2D eigenvalue weighted by atomic mass is 10.1. The predicted octanol–water partition coefficient (Wildman–Crippen LogP) is 5.19. The molecular weight excluding hydrogens is 274 g/mol. The van der Waals surface area contributed by atoms with E-state index < -0.39 is 0 Å². The molecule has 3 nitrogen and oxygen atoms in total. The molecule has 0 fully saturated rings. The monoisotopic (exact) mass is 303 g/mol. The molecule has 22 heavy (non-hydrogen) atoms. The topological polar surface area (TPSA) is 39.2 Å². The van der Waals surface area contributed by atoms with Crippen molar-refractivity contribution in [1.82, 2.24) is 4.98 Å². The first kappa shape index (κ1) is 20.1. The highest BCUT2D eigenvalue weighted by atomic mass is 16.5. The maximum Gasteiger partial charge on any atom is 0.333 e. The van der Waals surface area contributed by atoms with E-state index in [1.807, 2.05) is 18.2 Å². The molecule has 0 atom stereocenters. The largest absolute Gasteiger partial charge is 0.462 e. The summed E-state index contributed by atoms with van der Waals surface area (Å²) in [4.78, 5) is 14.9. The van der Waals surface area contributed by atoms with Crippen LogP contribution in [0.15, 0.2) is 43.1 Å². The van der Waals surface area contributed by atoms with Gasteiger partial charge in [-0.1, -0.05) is 58.3 Å². The van der Waals surface area contributed by atoms with Crippen molar-refractivity contribution in [3.8, 4) is 0 Å². The van der Waals surface area contributed by atoms with Crippen molar-refractivity contribution >= 4 is 12.0 Å². The van der Waals surface area contributed by atoms with Crippen molar-refractivity contribution in [3.05, 3.63) is 48.8 Å². The van der Waals surface area contributed by atoms with Crippen LogP contribution in [0.5, 0.6) is 0 Å². The maximum atomic E-state index is 11.0. The zero-order valence-electron chi connectivity index (χ0n) is 14.0. The Morgan fingerprint density at radius 1 is 1.23 bits per heavy atom. The highest BCUT2D eigenvalue weighted by Crippen LogP contribution is 2.05. The minimum atomic E-state index is -0.265. The first-order valence-electron chi connectivity index (χ1n) is 7.97. The standard InChI is InChI=1S/C12H22O2.C7H7N/c1-4-5-6-7-8-9-10-14-12(13)11(2)3;1-2-7-5-3-4-6-8-7/h2,4-10H2,1,3H3;2-6H,1H2. The average Bonchev–Trinajstić information content (AvgIpc) is 2.55. The summed E-state index contributed by atoms with van der Waals surface area (Å²) in [6.07, 6.45) is 10.7. The average molecular weight is 303 g/mol. The minimum Gasteiger partial charge on any atom is -0.462 e. The normalized spacial score (nSPS) is 9.36. The molecular formula is C19H29NO2. The minimum absolute atomic E-state index is 0.265. The van der Waals surface area contributed by atoms with E-state index in [1.165, 1.54) is 25.7 Å². The number of carbonyl (C=O) groups excluding carboxylic acids is 1. The Morgan fingerprint density at radius 2 is 1.91 bits per heavy atom. The van der Waals surface area contributed by atoms with E-state index in [1.54, 1.807) is 19.2 Å². The Labute approximate surface area is 135 Å². The van der Waals surface area contributed by atoms with Gasteiger partial charge in [-0.25, -0.2) is 4.79 Å². The van der Waals surface area contributed by atoms with Crippen LogP contribution in [0.2, 0.25) is 0 Å². The zero-order chi connectivity index (χ0) is 16.6. The lowest BCUT2D eigenvalue weighted by Crippen LogP contribution is -2.05. The number of pyridine rings is 1. The van der Waals surface area contributed by atoms with Crippen LogP contribution in [-0.2, 0) is 9.53 Å². The highest BCUT2D eigenvalue weighted by molar-refractivity contribution is 5.86. The van der Waals surface area contributed by atoms with Crippen LogP contribution in [0, 0.1) is 0 Å². The number of rotatable bonds is 9. The molecule has 3 heteroatoms. The van der Waals surface area contributed by atoms with Crippen molar-refractivity contribution in [1.29, 1.82) is 0 Å². The molecule has 0 saturated heterocycles. The van der Waals surface area contributed by atoms with Gasteiger partial charge in [-0.15, -0.1) is 0 Å². The molecule has 0 aliphatic carbocycles. The smallest absolute Gasteiger partial charge is 0.333 e. The molecule has 1 rings (SSSR count). The summed E-state index contributed by atoms with van der Waals surface area (Å²) in [5.41, 5.74) is 1.41. The van der Waals surface area contributed by atoms with Crippen molar-refractivity contribution in [3.63, 3.8) is 0 Å². The number of hydrogen-bond donors (Lipinski definition) is 0. The molecule has 0 N–H and O–H groups in total. The number of ether oxygens (including phenoxy) is 1. The molecule has 0 radical (unpaired) electrons. The third-order valence-corrected chi connectivity index (χ3v) is 2.98. The molecule has 0 aromatic carbocycles. The van der Waals surface area contributed by atoms with Gasteiger partial charge < -0.3 is 4.74 Å². The van der Waals surface area contributed by atoms with Crippen LogP contribution in [0.4, 0.5) is 0 Å². The quantitative estimate of drug-likeness (QED) is 0.358. The molecule has 0 unspecified atom stereocenters. The van der Waals surface area contributed by atoms with Gasteiger partial charge in [0, 0.05) is 11.8 Å². The van der Waals surface area contributed by atoms with Gasteiger partial charge >= 0.3 is 5.97 Å². The van der Waals surface area contributed by atoms with Gasteiger partial charge in [0.25, 0.3) is 0 Å². The Bertz CT molecular complexity index is 426. The summed E-state index contributed by atoms with van der Waals surface area (Å²) >= 11 is 0. The maximum absolute atomic E-state index is 11.0. The number of esters is 1. The third kappa shape index (κ3) is 11.9. The second-order valence-electron chi connectivity index (χ2n) is 5.14. The van der Waals surface area contributed by atoms with Crippen LogP contribution >= 0.6 is 0 Å². The second kappa shape index (κ2) is 14.1. The lowest BCUT2D eigenvalue weighted by Gasteiger charge is -2.03. The van der Waals surface area contributed by atoms with Gasteiger partial charge in [-0.05, 0) is 31.6 Å². The van der Waals surface area contributed by atoms with E-state index in [9.17, 15) is 4.79 Å². The van der Waals surface area contributed by atoms with E-state index in [0.29, 0.717) is 12.2 Å². The Hall–Kier alpha value is -1.90. The van der Waals surface area contributed by atoms with E-state index in [-0.39, 0.29) is 5.97 Å². The van der Waals surface area contributed by atoms with Gasteiger partial charge in [0.2, 0.25) is 0 Å². The van der Waals surface area contributed by atoms with Gasteiger partial charge in [0.05, 0.1) is 12.3 Å². The molecule has 0 amide bonds. The Morgan fingerprint density at radius 3 is 2.41 bits per heavy atom. The van der Waals surface area contributed by atoms with E-state index in [4.69, 9.17) is 4.74 Å². The molecule has 1 aromatic heterocycles. The molecule has 0 saturated carbocycles. The molecule has 1 heterocycles. The molecule has 0 aliphatic rings. The first-order valence-corrected chi connectivity index (χ1v) is 7.97. The number of aromatic nitrogens is 1. The molecule has 122 valence electrons. The van der Waals surface area contributed by atoms with Crippen molar-refractivity contribution in [2.75, 3.05) is 6.61 Å². The summed E-state index contributed by atoms with van der Waals surface area (Å²) in [6.45, 7) is 11.5. The molecule has 1 aromatic rings. The molecule has 0 spiro atoms. The predicted molar refractivity (Wildman–Crippen MR) is 93.5 cm³/mol. The highest BCUT2D eigenvalue weighted by Gasteiger charge is 2.01. The number of hydrogen-bond acceptors (Lipinski definition) is 3. The van der Waals surface area contributed by atoms with Crippen molar-refractivity contribution in [2.45, 2.75) is 52.4 Å². The number of carbonyl (C=O) groups is 1. The fourth-order valence-electron chi connectivity index (χ4n) is 1.67. The fourth-order valence-corrected chi connectivity index (χ4v) is 1.67. The lowest BCUT2D eigenvalue weighted by molar-refractivity contribution is -0.139. The Kier molecular flexibility index (Phi) is 12.8. The van der Waals surface area contributed by atoms with Gasteiger partial charge in [-0.3, -0.25) is 4.98 Å². The van der Waals surface area contributed by atoms with Crippen LogP contribution in [0.25, 0.3) is 6.08 Å². The van der Waals surface area contributed by atoms with Crippen molar-refractivity contribution in [2.24, 2.45) is 0 Å². The van der Waals surface area contributed by atoms with Gasteiger partial charge in [0.1, 0.15) is 0 Å². The third-order valence-electron chi connectivity index (χ3n) is 2.98. The van der Waals surface area contributed by atoms with Gasteiger partial charge in [-0.2, -0.15) is 0 Å². The second-order valence-corrected chi connectivity index (χ2v) is 5.14. The van der Waals surface area contributed by atoms with E-state index in [0.717, 1.165) is 18.5 Å². The number of unbranched alkanes of at least 4 members (excludes halogenated alkanes) is 5. The zero-order valence-corrected chi connectivity index (χ0v) is 14.0. The summed E-state index contributed by atoms with van der Waals surface area (Å²) in [6, 6.07) is 5.73. The summed E-state index contributed by atoms with van der Waals surface area (Å²) in [5, 5.41) is 0. The molecule has 0 bridgehead atoms. The van der Waals surface area contributed by atoms with Crippen LogP contribution < -0.4 is 0 Å². The summed E-state index contributed by atoms with van der Waals surface area (Å²) in [5.74, 6) is -0.265. The SMILES string of the molecule is C=C(C)C(=O)OCCCCCCCC.C=Cc1ccccn1. The Balaban J connectivity index is 0.000000461. The van der Waals surface area contributed by atoms with Crippen molar-refractivity contribution < 1.29 is 9.53 Å². The fraction of sp³-hybridized carbons (Fsp3) is 0.474.